The summed E-state index contributed by atoms with van der Waals surface area (Å²) < 4.78 is 19.0. The number of aliphatic carboxylic acids is 1. The largest absolute Gasteiger partial charge is 0.494 e. The highest BCUT2D eigenvalue weighted by Gasteiger charge is 2.16. The first-order valence-corrected chi connectivity index (χ1v) is 10.2. The minimum absolute atomic E-state index is 0. The first-order chi connectivity index (χ1) is 14.1. The quantitative estimate of drug-likeness (QED) is 0.497. The minimum Gasteiger partial charge on any atom is -0.494 e. The highest BCUT2D eigenvalue weighted by molar-refractivity contribution is 5.85. The van der Waals surface area contributed by atoms with E-state index in [0.29, 0.717) is 13.2 Å². The van der Waals surface area contributed by atoms with Crippen LogP contribution in [0, 0.1) is 0 Å². The fraction of sp³-hybridized carbons (Fsp3) is 0.375. The van der Waals surface area contributed by atoms with Crippen molar-refractivity contribution in [3.63, 3.8) is 0 Å². The molecule has 0 bridgehead atoms. The summed E-state index contributed by atoms with van der Waals surface area (Å²) in [6, 6.07) is 16.7. The summed E-state index contributed by atoms with van der Waals surface area (Å²) >= 11 is 0. The Balaban J connectivity index is 0.00000320. The number of ether oxygens (including phenoxy) is 1. The average Bonchev–Trinajstić information content (AvgIpc) is 2.74. The van der Waals surface area contributed by atoms with E-state index in [2.05, 4.69) is 47.8 Å². The highest BCUT2D eigenvalue weighted by Crippen LogP contribution is 2.27. The lowest BCUT2D eigenvalue weighted by atomic mass is 9.92. The van der Waals surface area contributed by atoms with Gasteiger partial charge < -0.3 is 15.2 Å². The summed E-state index contributed by atoms with van der Waals surface area (Å²) in [7, 11) is 0. The van der Waals surface area contributed by atoms with Crippen molar-refractivity contribution in [2.75, 3.05) is 19.7 Å². The first kappa shape index (κ1) is 23.9. The van der Waals surface area contributed by atoms with Crippen LogP contribution < -0.4 is 10.1 Å². The number of halogens is 2. The predicted octanol–water partition coefficient (Wildman–Crippen LogP) is 4.85. The van der Waals surface area contributed by atoms with Crippen LogP contribution in [0.1, 0.15) is 36.0 Å². The van der Waals surface area contributed by atoms with Crippen LogP contribution in [0.4, 0.5) is 4.39 Å². The van der Waals surface area contributed by atoms with Crippen molar-refractivity contribution in [3.05, 3.63) is 70.8 Å². The highest BCUT2D eigenvalue weighted by atomic mass is 35.5. The fourth-order valence-electron chi connectivity index (χ4n) is 3.47. The topological polar surface area (TPSA) is 58.6 Å². The molecule has 0 radical (unpaired) electrons. The van der Waals surface area contributed by atoms with Gasteiger partial charge in [0.2, 0.25) is 6.17 Å². The van der Waals surface area contributed by atoms with Crippen LogP contribution in [0.2, 0.25) is 0 Å². The minimum atomic E-state index is -1.86. The normalized spacial score (nSPS) is 13.6. The van der Waals surface area contributed by atoms with Crippen LogP contribution in [0.15, 0.2) is 54.1 Å². The molecule has 0 aliphatic heterocycles. The molecular formula is C24H29ClFNO3. The maximum atomic E-state index is 13.1. The number of carboxylic acids is 1. The smallest absolute Gasteiger partial charge is 0.339 e. The Bertz CT molecular complexity index is 842. The van der Waals surface area contributed by atoms with Gasteiger partial charge in [-0.25, -0.2) is 9.18 Å². The molecule has 0 heterocycles. The maximum Gasteiger partial charge on any atom is 0.339 e. The van der Waals surface area contributed by atoms with E-state index in [9.17, 15) is 9.18 Å². The molecule has 6 heteroatoms. The van der Waals surface area contributed by atoms with E-state index in [4.69, 9.17) is 9.84 Å². The number of hydrogen-bond acceptors (Lipinski definition) is 3. The van der Waals surface area contributed by atoms with E-state index in [1.807, 2.05) is 12.1 Å². The number of carboxylic acid groups (broad SMARTS) is 1. The summed E-state index contributed by atoms with van der Waals surface area (Å²) in [4.78, 5) is 10.5. The zero-order chi connectivity index (χ0) is 20.5. The molecule has 1 aliphatic rings. The number of benzene rings is 2. The molecule has 1 aliphatic carbocycles. The van der Waals surface area contributed by atoms with Crippen LogP contribution in [-0.2, 0) is 17.6 Å². The van der Waals surface area contributed by atoms with Gasteiger partial charge in [-0.1, -0.05) is 48.0 Å². The van der Waals surface area contributed by atoms with Gasteiger partial charge in [-0.05, 0) is 60.9 Å². The predicted molar refractivity (Wildman–Crippen MR) is 120 cm³/mol. The van der Waals surface area contributed by atoms with Crippen LogP contribution in [0.25, 0.3) is 6.08 Å². The van der Waals surface area contributed by atoms with Gasteiger partial charge in [-0.3, -0.25) is 0 Å². The molecule has 2 N–H and O–H groups in total. The summed E-state index contributed by atoms with van der Waals surface area (Å²) in [5, 5.41) is 11.5. The zero-order valence-corrected chi connectivity index (χ0v) is 17.8. The number of alkyl halides is 1. The number of carbonyl (C=O) groups is 1. The SMILES string of the molecule is Cl.O=C(O)C(F)CNCC1=Cc2ccc(OCCCCc3ccccc3)cc2CC1. The van der Waals surface area contributed by atoms with Gasteiger partial charge in [0.15, 0.2) is 0 Å². The average molecular weight is 434 g/mol. The van der Waals surface area contributed by atoms with E-state index >= 15 is 0 Å². The maximum absolute atomic E-state index is 13.1. The third kappa shape index (κ3) is 7.47. The Morgan fingerprint density at radius 1 is 1.13 bits per heavy atom. The molecule has 0 aromatic heterocycles. The second kappa shape index (κ2) is 12.4. The molecule has 0 amide bonds. The van der Waals surface area contributed by atoms with Crippen molar-refractivity contribution < 1.29 is 19.0 Å². The molecule has 3 rings (SSSR count). The molecule has 4 nitrogen and oxygen atoms in total. The molecule has 0 saturated heterocycles. The molecule has 1 unspecified atom stereocenters. The lowest BCUT2D eigenvalue weighted by Gasteiger charge is -2.18. The molecule has 0 fully saturated rings. The molecule has 0 saturated carbocycles. The van der Waals surface area contributed by atoms with Gasteiger partial charge in [0, 0.05) is 13.1 Å². The second-order valence-electron chi connectivity index (χ2n) is 7.39. The van der Waals surface area contributed by atoms with Crippen molar-refractivity contribution in [2.45, 2.75) is 38.3 Å². The molecule has 1 atom stereocenters. The van der Waals surface area contributed by atoms with Gasteiger partial charge in [-0.15, -0.1) is 12.4 Å². The molecule has 2 aromatic rings. The van der Waals surface area contributed by atoms with Crippen LogP contribution in [0.5, 0.6) is 5.75 Å². The number of unbranched alkanes of at least 4 members (excludes halogenated alkanes) is 1. The summed E-state index contributed by atoms with van der Waals surface area (Å²) in [6.45, 7) is 1.05. The molecule has 162 valence electrons. The lowest BCUT2D eigenvalue weighted by Crippen LogP contribution is -2.31. The van der Waals surface area contributed by atoms with Gasteiger partial charge in [0.05, 0.1) is 6.61 Å². The number of hydrogen-bond donors (Lipinski definition) is 2. The Kier molecular flexibility index (Phi) is 9.84. The fourth-order valence-corrected chi connectivity index (χ4v) is 3.47. The van der Waals surface area contributed by atoms with Crippen LogP contribution in [0.3, 0.4) is 0 Å². The number of aryl methyl sites for hydroxylation is 2. The molecule has 30 heavy (non-hydrogen) atoms. The summed E-state index contributed by atoms with van der Waals surface area (Å²) in [6.07, 6.45) is 5.23. The lowest BCUT2D eigenvalue weighted by molar-refractivity contribution is -0.142. The molecule has 2 aromatic carbocycles. The van der Waals surface area contributed by atoms with Crippen LogP contribution >= 0.6 is 12.4 Å². The molecule has 0 spiro atoms. The van der Waals surface area contributed by atoms with Crippen molar-refractivity contribution in [1.29, 1.82) is 0 Å². The van der Waals surface area contributed by atoms with E-state index in [0.717, 1.165) is 49.0 Å². The van der Waals surface area contributed by atoms with E-state index in [1.54, 1.807) is 0 Å². The van der Waals surface area contributed by atoms with Crippen molar-refractivity contribution in [3.8, 4) is 5.75 Å². The number of rotatable bonds is 11. The Morgan fingerprint density at radius 2 is 1.93 bits per heavy atom. The Labute approximate surface area is 183 Å². The monoisotopic (exact) mass is 433 g/mol. The van der Waals surface area contributed by atoms with Gasteiger partial charge in [0.1, 0.15) is 5.75 Å². The third-order valence-corrected chi connectivity index (χ3v) is 5.10. The number of nitrogens with one attached hydrogen (secondary N) is 1. The number of fused-ring (bicyclic) bond motifs is 1. The van der Waals surface area contributed by atoms with Crippen molar-refractivity contribution in [1.82, 2.24) is 5.32 Å². The van der Waals surface area contributed by atoms with Gasteiger partial charge in [0.25, 0.3) is 0 Å². The van der Waals surface area contributed by atoms with Crippen LogP contribution in [-0.4, -0.2) is 36.9 Å². The van der Waals surface area contributed by atoms with Crippen molar-refractivity contribution >= 4 is 24.5 Å². The Morgan fingerprint density at radius 3 is 2.70 bits per heavy atom. The van der Waals surface area contributed by atoms with E-state index in [1.165, 1.54) is 11.1 Å². The van der Waals surface area contributed by atoms with E-state index in [-0.39, 0.29) is 19.0 Å². The zero-order valence-electron chi connectivity index (χ0n) is 17.0. The summed E-state index contributed by atoms with van der Waals surface area (Å²) in [5.74, 6) is -0.520. The van der Waals surface area contributed by atoms with Gasteiger partial charge in [-0.2, -0.15) is 0 Å². The van der Waals surface area contributed by atoms with Gasteiger partial charge >= 0.3 is 5.97 Å². The Hall–Kier alpha value is -2.37. The second-order valence-corrected chi connectivity index (χ2v) is 7.39. The first-order valence-electron chi connectivity index (χ1n) is 10.2. The van der Waals surface area contributed by atoms with E-state index < -0.39 is 12.1 Å². The molecular weight excluding hydrogens is 405 g/mol. The standard InChI is InChI=1S/C24H28FNO3.ClH/c25-23(24(27)28)17-26-16-19-9-10-21-15-22(12-11-20(21)14-19)29-13-5-4-8-18-6-2-1-3-7-18;/h1-3,6-7,11-12,14-15,23,26H,4-5,8-10,13,16-17H2,(H,27,28);1H. The third-order valence-electron chi connectivity index (χ3n) is 5.10. The summed E-state index contributed by atoms with van der Waals surface area (Å²) in [5.41, 5.74) is 4.93. The van der Waals surface area contributed by atoms with Crippen molar-refractivity contribution in [2.24, 2.45) is 0 Å².